The van der Waals surface area contributed by atoms with Crippen LogP contribution in [0.4, 0.5) is 0 Å². The minimum Gasteiger partial charge on any atom is -0.455 e. The predicted octanol–water partition coefficient (Wildman–Crippen LogP) is -0.117. The Balaban J connectivity index is 0.000000810. The number of hydrogen-bond acceptors (Lipinski definition) is 3. The van der Waals surface area contributed by atoms with Crippen molar-refractivity contribution in [2.75, 3.05) is 20.7 Å². The highest BCUT2D eigenvalue weighted by Crippen LogP contribution is 2.00. The second-order valence-corrected chi connectivity index (χ2v) is 1.75. The standard InChI is InChI=1S/C5H8N2O2.ClH/c1-6-5-7(2)4(8)3-9-5;/h3H2,1-2H3;1H. The van der Waals surface area contributed by atoms with E-state index in [1.807, 2.05) is 0 Å². The molecule has 58 valence electrons. The van der Waals surface area contributed by atoms with Gasteiger partial charge in [-0.15, -0.1) is 12.4 Å². The van der Waals surface area contributed by atoms with E-state index < -0.39 is 0 Å². The number of amidine groups is 1. The van der Waals surface area contributed by atoms with Crippen molar-refractivity contribution in [2.45, 2.75) is 0 Å². The van der Waals surface area contributed by atoms with Crippen molar-refractivity contribution in [3.05, 3.63) is 0 Å². The third-order valence-electron chi connectivity index (χ3n) is 1.18. The van der Waals surface area contributed by atoms with Crippen molar-refractivity contribution in [1.82, 2.24) is 4.90 Å². The summed E-state index contributed by atoms with van der Waals surface area (Å²) >= 11 is 0. The van der Waals surface area contributed by atoms with Crippen molar-refractivity contribution in [1.29, 1.82) is 0 Å². The Morgan fingerprint density at radius 1 is 1.70 bits per heavy atom. The van der Waals surface area contributed by atoms with E-state index in [0.717, 1.165) is 0 Å². The monoisotopic (exact) mass is 164 g/mol. The van der Waals surface area contributed by atoms with Gasteiger partial charge in [0.15, 0.2) is 6.61 Å². The number of hydrogen-bond donors (Lipinski definition) is 0. The molecule has 0 saturated carbocycles. The lowest BCUT2D eigenvalue weighted by Crippen LogP contribution is -2.24. The minimum atomic E-state index is -0.0457. The Labute approximate surface area is 65.3 Å². The van der Waals surface area contributed by atoms with Crippen LogP contribution < -0.4 is 0 Å². The van der Waals surface area contributed by atoms with Gasteiger partial charge in [-0.05, 0) is 0 Å². The van der Waals surface area contributed by atoms with Crippen LogP contribution in [0.1, 0.15) is 0 Å². The molecule has 0 aromatic carbocycles. The lowest BCUT2D eigenvalue weighted by Gasteiger charge is -2.02. The molecule has 0 aliphatic carbocycles. The van der Waals surface area contributed by atoms with Gasteiger partial charge in [0.05, 0.1) is 0 Å². The molecule has 0 spiro atoms. The van der Waals surface area contributed by atoms with Crippen LogP contribution in [0, 0.1) is 0 Å². The topological polar surface area (TPSA) is 41.9 Å². The number of amides is 1. The van der Waals surface area contributed by atoms with Gasteiger partial charge in [-0.2, -0.15) is 0 Å². The minimum absolute atomic E-state index is 0. The summed E-state index contributed by atoms with van der Waals surface area (Å²) in [5.74, 6) is -0.0457. The van der Waals surface area contributed by atoms with E-state index in [-0.39, 0.29) is 24.9 Å². The van der Waals surface area contributed by atoms with Gasteiger partial charge in [0.25, 0.3) is 11.9 Å². The number of carbonyl (C=O) groups excluding carboxylic acids is 1. The summed E-state index contributed by atoms with van der Waals surface area (Å²) in [6.45, 7) is 0.128. The SMILES string of the molecule is CN=C1OCC(=O)N1C.Cl. The maximum atomic E-state index is 10.7. The molecular weight excluding hydrogens is 156 g/mol. The van der Waals surface area contributed by atoms with E-state index in [9.17, 15) is 4.79 Å². The van der Waals surface area contributed by atoms with Crippen LogP contribution in [0.3, 0.4) is 0 Å². The number of halogens is 1. The molecule has 0 bridgehead atoms. The quantitative estimate of drug-likeness (QED) is 0.501. The molecule has 1 heterocycles. The summed E-state index contributed by atoms with van der Waals surface area (Å²) in [4.78, 5) is 15.8. The lowest BCUT2D eigenvalue weighted by molar-refractivity contribution is -0.124. The van der Waals surface area contributed by atoms with Gasteiger partial charge in [-0.1, -0.05) is 0 Å². The van der Waals surface area contributed by atoms with Gasteiger partial charge in [0.1, 0.15) is 0 Å². The molecule has 1 fully saturated rings. The Morgan fingerprint density at radius 3 is 2.50 bits per heavy atom. The van der Waals surface area contributed by atoms with Crippen molar-refractivity contribution in [3.8, 4) is 0 Å². The first-order chi connectivity index (χ1) is 4.25. The van der Waals surface area contributed by atoms with E-state index in [2.05, 4.69) is 4.99 Å². The number of likely N-dealkylation sites (N-methyl/N-ethyl adjacent to an activating group) is 1. The van der Waals surface area contributed by atoms with Gasteiger partial charge in [0.2, 0.25) is 0 Å². The van der Waals surface area contributed by atoms with E-state index in [1.54, 1.807) is 14.1 Å². The third kappa shape index (κ3) is 1.39. The van der Waals surface area contributed by atoms with Crippen molar-refractivity contribution >= 4 is 24.3 Å². The average molecular weight is 165 g/mol. The van der Waals surface area contributed by atoms with Gasteiger partial charge >= 0.3 is 0 Å². The van der Waals surface area contributed by atoms with Crippen LogP contribution in [0.2, 0.25) is 0 Å². The van der Waals surface area contributed by atoms with Gasteiger partial charge in [-0.3, -0.25) is 9.69 Å². The summed E-state index contributed by atoms with van der Waals surface area (Å²) in [5, 5.41) is 0. The molecule has 1 rings (SSSR count). The second kappa shape index (κ2) is 3.41. The van der Waals surface area contributed by atoms with Gasteiger partial charge in [0, 0.05) is 14.1 Å². The van der Waals surface area contributed by atoms with Crippen molar-refractivity contribution < 1.29 is 9.53 Å². The molecule has 0 atom stereocenters. The molecule has 5 heteroatoms. The van der Waals surface area contributed by atoms with Crippen LogP contribution in [0.25, 0.3) is 0 Å². The fraction of sp³-hybridized carbons (Fsp3) is 0.600. The number of aliphatic imine (C=N–C) groups is 1. The second-order valence-electron chi connectivity index (χ2n) is 1.75. The molecule has 0 unspecified atom stereocenters. The predicted molar refractivity (Wildman–Crippen MR) is 39.3 cm³/mol. The van der Waals surface area contributed by atoms with Gasteiger partial charge < -0.3 is 4.74 Å². The molecule has 1 aliphatic rings. The van der Waals surface area contributed by atoms with E-state index >= 15 is 0 Å². The molecule has 0 N–H and O–H groups in total. The maximum absolute atomic E-state index is 10.7. The molecule has 0 aromatic heterocycles. The van der Waals surface area contributed by atoms with Crippen LogP contribution in [-0.2, 0) is 9.53 Å². The van der Waals surface area contributed by atoms with Crippen molar-refractivity contribution in [3.63, 3.8) is 0 Å². The molecular formula is C5H9ClN2O2. The largest absolute Gasteiger partial charge is 0.455 e. The zero-order valence-corrected chi connectivity index (χ0v) is 6.64. The highest BCUT2D eigenvalue weighted by Gasteiger charge is 2.23. The smallest absolute Gasteiger partial charge is 0.294 e. The van der Waals surface area contributed by atoms with Crippen LogP contribution in [0.15, 0.2) is 4.99 Å². The molecule has 0 aromatic rings. The maximum Gasteiger partial charge on any atom is 0.294 e. The molecule has 1 saturated heterocycles. The molecule has 0 radical (unpaired) electrons. The van der Waals surface area contributed by atoms with E-state index in [1.165, 1.54) is 4.90 Å². The number of carbonyl (C=O) groups is 1. The zero-order chi connectivity index (χ0) is 6.85. The van der Waals surface area contributed by atoms with E-state index in [4.69, 9.17) is 4.74 Å². The molecule has 4 nitrogen and oxygen atoms in total. The highest BCUT2D eigenvalue weighted by molar-refractivity contribution is 5.99. The normalized spacial score (nSPS) is 20.8. The third-order valence-corrected chi connectivity index (χ3v) is 1.18. The lowest BCUT2D eigenvalue weighted by atomic mass is 10.6. The van der Waals surface area contributed by atoms with E-state index in [0.29, 0.717) is 6.02 Å². The number of nitrogens with zero attached hydrogens (tertiary/aromatic N) is 2. The Hall–Kier alpha value is -0.770. The molecule has 1 amide bonds. The summed E-state index contributed by atoms with van der Waals surface area (Å²) in [5.41, 5.74) is 0. The Bertz CT molecular complexity index is 169. The Morgan fingerprint density at radius 2 is 2.30 bits per heavy atom. The summed E-state index contributed by atoms with van der Waals surface area (Å²) in [7, 11) is 3.22. The zero-order valence-electron chi connectivity index (χ0n) is 5.83. The molecule has 10 heavy (non-hydrogen) atoms. The van der Waals surface area contributed by atoms with Crippen LogP contribution in [0.5, 0.6) is 0 Å². The highest BCUT2D eigenvalue weighted by atomic mass is 35.5. The molecule has 1 aliphatic heterocycles. The van der Waals surface area contributed by atoms with Crippen molar-refractivity contribution in [2.24, 2.45) is 4.99 Å². The first-order valence-corrected chi connectivity index (χ1v) is 2.62. The van der Waals surface area contributed by atoms with Gasteiger partial charge in [-0.25, -0.2) is 4.99 Å². The van der Waals surface area contributed by atoms with Crippen LogP contribution >= 0.6 is 12.4 Å². The first kappa shape index (κ1) is 9.23. The number of ether oxygens (including phenoxy) is 1. The fourth-order valence-corrected chi connectivity index (χ4v) is 0.641. The summed E-state index contributed by atoms with van der Waals surface area (Å²) in [6.07, 6.45) is 0. The first-order valence-electron chi connectivity index (χ1n) is 2.62. The summed E-state index contributed by atoms with van der Waals surface area (Å²) in [6, 6.07) is 0.403. The average Bonchev–Trinajstić information content (AvgIpc) is 2.15. The number of rotatable bonds is 0. The fourth-order valence-electron chi connectivity index (χ4n) is 0.641. The summed E-state index contributed by atoms with van der Waals surface area (Å²) < 4.78 is 4.85. The van der Waals surface area contributed by atoms with Crippen LogP contribution in [-0.4, -0.2) is 37.5 Å². The Kier molecular flexibility index (Phi) is 3.15.